The van der Waals surface area contributed by atoms with Crippen molar-refractivity contribution in [3.63, 3.8) is 0 Å². The Balaban J connectivity index is 1.14. The van der Waals surface area contributed by atoms with Gasteiger partial charge in [0.1, 0.15) is 0 Å². The summed E-state index contributed by atoms with van der Waals surface area (Å²) in [6, 6.07) is 65.1. The van der Waals surface area contributed by atoms with Gasteiger partial charge in [-0.25, -0.2) is 0 Å². The van der Waals surface area contributed by atoms with Gasteiger partial charge >= 0.3 is 0 Å². The van der Waals surface area contributed by atoms with Crippen molar-refractivity contribution in [3.8, 4) is 44.5 Å². The number of aryl methyl sites for hydroxylation is 1. The molecule has 0 saturated carbocycles. The zero-order chi connectivity index (χ0) is 42.1. The quantitative estimate of drug-likeness (QED) is 0.169. The molecule has 1 unspecified atom stereocenters. The average Bonchev–Trinajstić information content (AvgIpc) is 3.81. The van der Waals surface area contributed by atoms with Gasteiger partial charge in [0.25, 0.3) is 0 Å². The Morgan fingerprint density at radius 3 is 1.54 bits per heavy atom. The van der Waals surface area contributed by atoms with Crippen LogP contribution in [-0.4, -0.2) is 0 Å². The number of nitrogens with zero attached hydrogens (tertiary/aromatic N) is 1. The summed E-state index contributed by atoms with van der Waals surface area (Å²) >= 11 is 0. The molecule has 8 aromatic rings. The fourth-order valence-corrected chi connectivity index (χ4v) is 10.7. The Morgan fingerprint density at radius 1 is 0.441 bits per heavy atom. The van der Waals surface area contributed by atoms with Crippen molar-refractivity contribution in [2.24, 2.45) is 0 Å². The number of rotatable bonds is 5. The van der Waals surface area contributed by atoms with Gasteiger partial charge in [-0.15, -0.1) is 0 Å². The van der Waals surface area contributed by atoms with E-state index >= 15 is 0 Å². The van der Waals surface area contributed by atoms with E-state index in [1.807, 2.05) is 18.2 Å². The van der Waals surface area contributed by atoms with Crippen LogP contribution in [0.2, 0.25) is 0 Å². The second-order valence-corrected chi connectivity index (χ2v) is 18.2. The molecule has 0 saturated heterocycles. The van der Waals surface area contributed by atoms with Crippen LogP contribution >= 0.6 is 0 Å². The summed E-state index contributed by atoms with van der Waals surface area (Å²) in [5.74, 6) is 0. The molecule has 0 amide bonds. The van der Waals surface area contributed by atoms with Gasteiger partial charge in [-0.3, -0.25) is 0 Å². The van der Waals surface area contributed by atoms with E-state index in [1.165, 1.54) is 72.3 Å². The van der Waals surface area contributed by atoms with Crippen LogP contribution in [0.1, 0.15) is 88.8 Å². The van der Waals surface area contributed by atoms with Crippen molar-refractivity contribution >= 4 is 17.1 Å². The molecule has 11 rings (SSSR count). The maximum Gasteiger partial charge on any atom is 0.0726 e. The molecule has 3 aliphatic rings. The molecule has 0 aliphatic heterocycles. The maximum absolute atomic E-state index is 8.37. The molecule has 0 bridgehead atoms. The number of anilines is 3. The van der Waals surface area contributed by atoms with E-state index in [1.54, 1.807) is 6.92 Å². The first-order valence-electron chi connectivity index (χ1n) is 22.0. The number of hydrogen-bond acceptors (Lipinski definition) is 1. The SMILES string of the molecule is [2H]C([2H])(C)c1cccc(-c2ccc(N(c3ccc4c(c3)C(C)(C)c3ccccc3-4)c3ccc4c(c3)C3(c5ccccc5-4)c4ccccc4-c4ccc(C(C)(C)C)cc43)cc2)c1. The minimum atomic E-state index is -1.42. The molecule has 1 heteroatoms. The van der Waals surface area contributed by atoms with E-state index < -0.39 is 11.8 Å². The molecule has 3 aliphatic carbocycles. The minimum absolute atomic E-state index is 0.0127. The lowest BCUT2D eigenvalue weighted by Gasteiger charge is -2.33. The van der Waals surface area contributed by atoms with Gasteiger partial charge in [-0.05, 0) is 137 Å². The monoisotopic (exact) mass is 761 g/mol. The van der Waals surface area contributed by atoms with Gasteiger partial charge in [0.15, 0.2) is 0 Å². The second kappa shape index (κ2) is 12.8. The highest BCUT2D eigenvalue weighted by atomic mass is 15.1. The van der Waals surface area contributed by atoms with Gasteiger partial charge in [-0.2, -0.15) is 0 Å². The lowest BCUT2D eigenvalue weighted by Crippen LogP contribution is -2.27. The van der Waals surface area contributed by atoms with E-state index in [9.17, 15) is 0 Å². The summed E-state index contributed by atoms with van der Waals surface area (Å²) in [7, 11) is 0. The van der Waals surface area contributed by atoms with Crippen LogP contribution in [0.4, 0.5) is 17.1 Å². The van der Waals surface area contributed by atoms with E-state index in [-0.39, 0.29) is 10.8 Å². The smallest absolute Gasteiger partial charge is 0.0726 e. The van der Waals surface area contributed by atoms with Gasteiger partial charge in [0.2, 0.25) is 0 Å². The van der Waals surface area contributed by atoms with Crippen LogP contribution in [-0.2, 0) is 22.6 Å². The summed E-state index contributed by atoms with van der Waals surface area (Å²) in [5, 5.41) is 0. The maximum atomic E-state index is 8.37. The fraction of sp³-hybridized carbons (Fsp3) is 0.172. The van der Waals surface area contributed by atoms with Crippen LogP contribution in [0.5, 0.6) is 0 Å². The molecule has 286 valence electrons. The Labute approximate surface area is 352 Å². The number of hydrogen-bond donors (Lipinski definition) is 0. The van der Waals surface area contributed by atoms with E-state index in [0.29, 0.717) is 5.56 Å². The molecular formula is C58H49N. The molecule has 8 aromatic carbocycles. The highest BCUT2D eigenvalue weighted by Gasteiger charge is 2.52. The summed E-state index contributed by atoms with van der Waals surface area (Å²) < 4.78 is 16.7. The summed E-state index contributed by atoms with van der Waals surface area (Å²) in [6.07, 6.45) is -1.42. The third kappa shape index (κ3) is 5.10. The number of benzene rings is 8. The summed E-state index contributed by atoms with van der Waals surface area (Å²) in [5.41, 5.74) is 22.5. The highest BCUT2D eigenvalue weighted by molar-refractivity contribution is 5.97. The molecule has 1 nitrogen and oxygen atoms in total. The number of fused-ring (bicyclic) bond motifs is 13. The summed E-state index contributed by atoms with van der Waals surface area (Å²) in [6.45, 7) is 13.3. The molecule has 0 N–H and O–H groups in total. The molecule has 1 atom stereocenters. The van der Waals surface area contributed by atoms with Gasteiger partial charge in [-0.1, -0.05) is 181 Å². The second-order valence-electron chi connectivity index (χ2n) is 18.2. The average molecular weight is 762 g/mol. The largest absolute Gasteiger partial charge is 0.310 e. The molecule has 0 fully saturated rings. The highest BCUT2D eigenvalue weighted by Crippen LogP contribution is 2.64. The Hall–Kier alpha value is -6.44. The van der Waals surface area contributed by atoms with Crippen molar-refractivity contribution in [3.05, 3.63) is 220 Å². The third-order valence-electron chi connectivity index (χ3n) is 13.6. The lowest BCUT2D eigenvalue weighted by molar-refractivity contribution is 0.588. The first-order valence-corrected chi connectivity index (χ1v) is 21.0. The zero-order valence-corrected chi connectivity index (χ0v) is 34.7. The Morgan fingerprint density at radius 2 is 0.932 bits per heavy atom. The van der Waals surface area contributed by atoms with Crippen LogP contribution in [0.15, 0.2) is 176 Å². The Bertz CT molecular complexity index is 3070. The van der Waals surface area contributed by atoms with Crippen LogP contribution in [0, 0.1) is 0 Å². The van der Waals surface area contributed by atoms with Crippen molar-refractivity contribution < 1.29 is 2.74 Å². The van der Waals surface area contributed by atoms with Gasteiger partial charge in [0.05, 0.1) is 5.41 Å². The van der Waals surface area contributed by atoms with Crippen molar-refractivity contribution in [1.29, 1.82) is 0 Å². The minimum Gasteiger partial charge on any atom is -0.310 e. The van der Waals surface area contributed by atoms with Crippen molar-refractivity contribution in [2.45, 2.75) is 64.2 Å². The fourth-order valence-electron chi connectivity index (χ4n) is 10.7. The summed E-state index contributed by atoms with van der Waals surface area (Å²) in [4.78, 5) is 2.44. The molecule has 0 aromatic heterocycles. The van der Waals surface area contributed by atoms with Gasteiger partial charge < -0.3 is 4.90 Å². The molecule has 0 radical (unpaired) electrons. The van der Waals surface area contributed by atoms with E-state index in [4.69, 9.17) is 2.74 Å². The van der Waals surface area contributed by atoms with Crippen LogP contribution < -0.4 is 4.90 Å². The van der Waals surface area contributed by atoms with Crippen molar-refractivity contribution in [2.75, 3.05) is 4.90 Å². The van der Waals surface area contributed by atoms with Crippen molar-refractivity contribution in [1.82, 2.24) is 0 Å². The molecule has 1 spiro atoms. The van der Waals surface area contributed by atoms with E-state index in [0.717, 1.165) is 28.2 Å². The Kier molecular flexibility index (Phi) is 7.26. The molecule has 59 heavy (non-hydrogen) atoms. The lowest BCUT2D eigenvalue weighted by atomic mass is 9.69. The molecule has 0 heterocycles. The first-order chi connectivity index (χ1) is 29.3. The topological polar surface area (TPSA) is 3.24 Å². The van der Waals surface area contributed by atoms with Crippen LogP contribution in [0.3, 0.4) is 0 Å². The predicted octanol–water partition coefficient (Wildman–Crippen LogP) is 15.3. The van der Waals surface area contributed by atoms with E-state index in [2.05, 4.69) is 197 Å². The third-order valence-corrected chi connectivity index (χ3v) is 13.6. The molecular weight excluding hydrogens is 711 g/mol. The standard InChI is InChI=1S/C58H49N/c1-7-37-15-14-16-39(33-37)38-23-26-41(27-24-38)59(42-28-31-47-44-17-8-11-20-50(44)57(5,6)53(47)35-42)43-29-32-49-46-19-10-13-22-52(46)58(55(49)36-43)51-21-12-9-18-45(51)48-30-25-40(34-54(48)58)56(2,3)4/h8-36H,7H2,1-6H3/i7D2. The van der Waals surface area contributed by atoms with Crippen LogP contribution in [0.25, 0.3) is 44.5 Å². The predicted molar refractivity (Wildman–Crippen MR) is 249 cm³/mol. The normalized spacial score (nSPS) is 17.0. The zero-order valence-electron chi connectivity index (χ0n) is 36.7. The first kappa shape index (κ1) is 33.5. The van der Waals surface area contributed by atoms with Gasteiger partial charge in [0, 0.05) is 25.2 Å².